The Labute approximate surface area is 121 Å². The molecule has 1 aromatic heterocycles. The standard InChI is InChI=1S/C13H16ClN3O3/c1-3-19-7-10(15)12-16-13(20-17-12)9-6-8(14)4-5-11(9)18-2/h4-6,10H,3,7,15H2,1-2H3. The van der Waals surface area contributed by atoms with E-state index in [1.54, 1.807) is 25.3 Å². The molecule has 0 spiro atoms. The Bertz CT molecular complexity index is 574. The Morgan fingerprint density at radius 2 is 2.25 bits per heavy atom. The van der Waals surface area contributed by atoms with Crippen molar-refractivity contribution in [3.63, 3.8) is 0 Å². The molecule has 0 aliphatic heterocycles. The van der Waals surface area contributed by atoms with Crippen LogP contribution in [0.4, 0.5) is 0 Å². The van der Waals surface area contributed by atoms with Crippen molar-refractivity contribution in [3.05, 3.63) is 29.0 Å². The van der Waals surface area contributed by atoms with Crippen molar-refractivity contribution in [1.82, 2.24) is 10.1 Å². The fourth-order valence-corrected chi connectivity index (χ4v) is 1.83. The van der Waals surface area contributed by atoms with Gasteiger partial charge in [-0.2, -0.15) is 4.98 Å². The zero-order valence-corrected chi connectivity index (χ0v) is 12.1. The van der Waals surface area contributed by atoms with Gasteiger partial charge in [0.25, 0.3) is 5.89 Å². The molecule has 0 amide bonds. The van der Waals surface area contributed by atoms with E-state index in [2.05, 4.69) is 10.1 Å². The zero-order valence-electron chi connectivity index (χ0n) is 11.3. The molecule has 2 rings (SSSR count). The minimum atomic E-state index is -0.433. The summed E-state index contributed by atoms with van der Waals surface area (Å²) in [5.74, 6) is 1.30. The third-order valence-corrected chi connectivity index (χ3v) is 2.90. The first-order valence-corrected chi connectivity index (χ1v) is 6.54. The van der Waals surface area contributed by atoms with E-state index in [0.29, 0.717) is 41.3 Å². The molecule has 6 nitrogen and oxygen atoms in total. The highest BCUT2D eigenvalue weighted by atomic mass is 35.5. The molecule has 1 aromatic carbocycles. The lowest BCUT2D eigenvalue weighted by Crippen LogP contribution is -2.18. The number of nitrogens with zero attached hydrogens (tertiary/aromatic N) is 2. The van der Waals surface area contributed by atoms with Crippen LogP contribution in [0.5, 0.6) is 5.75 Å². The number of ether oxygens (including phenoxy) is 2. The maximum atomic E-state index is 5.97. The lowest BCUT2D eigenvalue weighted by Gasteiger charge is -2.06. The second-order valence-corrected chi connectivity index (χ2v) is 4.50. The van der Waals surface area contributed by atoms with Crippen molar-refractivity contribution in [2.75, 3.05) is 20.3 Å². The number of aromatic nitrogens is 2. The monoisotopic (exact) mass is 297 g/mol. The fraction of sp³-hybridized carbons (Fsp3) is 0.385. The highest BCUT2D eigenvalue weighted by Gasteiger charge is 2.18. The van der Waals surface area contributed by atoms with E-state index in [4.69, 9.17) is 31.3 Å². The highest BCUT2D eigenvalue weighted by molar-refractivity contribution is 6.30. The van der Waals surface area contributed by atoms with Crippen molar-refractivity contribution >= 4 is 11.6 Å². The predicted molar refractivity (Wildman–Crippen MR) is 74.7 cm³/mol. The van der Waals surface area contributed by atoms with Gasteiger partial charge in [0.2, 0.25) is 0 Å². The summed E-state index contributed by atoms with van der Waals surface area (Å²) in [6.07, 6.45) is 0. The second-order valence-electron chi connectivity index (χ2n) is 4.07. The molecule has 0 fully saturated rings. The van der Waals surface area contributed by atoms with Gasteiger partial charge >= 0.3 is 0 Å². The Kier molecular flexibility index (Phi) is 4.94. The van der Waals surface area contributed by atoms with E-state index in [0.717, 1.165) is 0 Å². The van der Waals surface area contributed by atoms with Crippen LogP contribution < -0.4 is 10.5 Å². The van der Waals surface area contributed by atoms with Crippen LogP contribution in [0, 0.1) is 0 Å². The fourth-order valence-electron chi connectivity index (χ4n) is 1.66. The number of rotatable bonds is 6. The van der Waals surface area contributed by atoms with Gasteiger partial charge in [0.15, 0.2) is 5.82 Å². The van der Waals surface area contributed by atoms with E-state index in [-0.39, 0.29) is 0 Å². The molecule has 1 unspecified atom stereocenters. The molecule has 20 heavy (non-hydrogen) atoms. The van der Waals surface area contributed by atoms with Gasteiger partial charge in [0.1, 0.15) is 5.75 Å². The Morgan fingerprint density at radius 3 is 2.95 bits per heavy atom. The normalized spacial score (nSPS) is 12.4. The molecule has 0 aliphatic rings. The molecule has 2 aromatic rings. The summed E-state index contributed by atoms with van der Waals surface area (Å²) in [7, 11) is 1.56. The van der Waals surface area contributed by atoms with Crippen molar-refractivity contribution in [2.24, 2.45) is 5.73 Å². The summed E-state index contributed by atoms with van der Waals surface area (Å²) >= 11 is 5.97. The van der Waals surface area contributed by atoms with Gasteiger partial charge in [-0.1, -0.05) is 16.8 Å². The third kappa shape index (κ3) is 3.27. The zero-order chi connectivity index (χ0) is 14.5. The van der Waals surface area contributed by atoms with E-state index in [1.165, 1.54) is 0 Å². The molecule has 0 radical (unpaired) electrons. The van der Waals surface area contributed by atoms with Gasteiger partial charge in [-0.3, -0.25) is 0 Å². The van der Waals surface area contributed by atoms with Crippen LogP contribution in [-0.4, -0.2) is 30.5 Å². The number of halogens is 1. The lowest BCUT2D eigenvalue weighted by atomic mass is 10.2. The molecule has 0 bridgehead atoms. The molecule has 0 saturated carbocycles. The van der Waals surface area contributed by atoms with Gasteiger partial charge in [-0.05, 0) is 25.1 Å². The van der Waals surface area contributed by atoms with E-state index in [9.17, 15) is 0 Å². The average Bonchev–Trinajstić information content (AvgIpc) is 2.94. The lowest BCUT2D eigenvalue weighted by molar-refractivity contribution is 0.130. The molecule has 1 atom stereocenters. The minimum absolute atomic E-state index is 0.311. The molecule has 2 N–H and O–H groups in total. The number of hydrogen-bond donors (Lipinski definition) is 1. The summed E-state index contributed by atoms with van der Waals surface area (Å²) in [4.78, 5) is 4.26. The molecule has 0 aliphatic carbocycles. The maximum absolute atomic E-state index is 5.97. The van der Waals surface area contributed by atoms with E-state index < -0.39 is 6.04 Å². The van der Waals surface area contributed by atoms with Crippen LogP contribution in [0.2, 0.25) is 5.02 Å². The number of nitrogens with two attached hydrogens (primary N) is 1. The molecule has 0 saturated heterocycles. The summed E-state index contributed by atoms with van der Waals surface area (Å²) in [6.45, 7) is 2.81. The average molecular weight is 298 g/mol. The van der Waals surface area contributed by atoms with Crippen LogP contribution in [0.1, 0.15) is 18.8 Å². The first kappa shape index (κ1) is 14.8. The molecular weight excluding hydrogens is 282 g/mol. The van der Waals surface area contributed by atoms with Crippen LogP contribution in [0.25, 0.3) is 11.5 Å². The largest absolute Gasteiger partial charge is 0.496 e. The van der Waals surface area contributed by atoms with E-state index >= 15 is 0 Å². The molecule has 108 valence electrons. The van der Waals surface area contributed by atoms with Crippen LogP contribution in [0.3, 0.4) is 0 Å². The van der Waals surface area contributed by atoms with Gasteiger partial charge in [-0.25, -0.2) is 0 Å². The Morgan fingerprint density at radius 1 is 1.45 bits per heavy atom. The Hall–Kier alpha value is -1.63. The summed E-state index contributed by atoms with van der Waals surface area (Å²) in [6, 6.07) is 4.73. The topological polar surface area (TPSA) is 83.4 Å². The SMILES string of the molecule is CCOCC(N)c1noc(-c2cc(Cl)ccc2OC)n1. The van der Waals surface area contributed by atoms with Crippen molar-refractivity contribution < 1.29 is 14.0 Å². The van der Waals surface area contributed by atoms with Gasteiger partial charge in [0, 0.05) is 11.6 Å². The highest BCUT2D eigenvalue weighted by Crippen LogP contribution is 2.31. The van der Waals surface area contributed by atoms with Crippen LogP contribution in [0.15, 0.2) is 22.7 Å². The molecule has 7 heteroatoms. The van der Waals surface area contributed by atoms with Crippen molar-refractivity contribution in [3.8, 4) is 17.2 Å². The van der Waals surface area contributed by atoms with Crippen molar-refractivity contribution in [1.29, 1.82) is 0 Å². The predicted octanol–water partition coefficient (Wildman–Crippen LogP) is 2.43. The quantitative estimate of drug-likeness (QED) is 0.881. The number of methoxy groups -OCH3 is 1. The van der Waals surface area contributed by atoms with Gasteiger partial charge < -0.3 is 19.7 Å². The number of benzene rings is 1. The summed E-state index contributed by atoms with van der Waals surface area (Å²) in [5.41, 5.74) is 6.53. The van der Waals surface area contributed by atoms with Crippen LogP contribution >= 0.6 is 11.6 Å². The first-order chi connectivity index (χ1) is 9.65. The smallest absolute Gasteiger partial charge is 0.261 e. The minimum Gasteiger partial charge on any atom is -0.496 e. The summed E-state index contributed by atoms with van der Waals surface area (Å²) in [5, 5.41) is 4.42. The number of hydrogen-bond acceptors (Lipinski definition) is 6. The molecular formula is C13H16ClN3O3. The first-order valence-electron chi connectivity index (χ1n) is 6.16. The summed E-state index contributed by atoms with van der Waals surface area (Å²) < 4.78 is 15.7. The Balaban J connectivity index is 2.26. The van der Waals surface area contributed by atoms with Crippen LogP contribution in [-0.2, 0) is 4.74 Å². The van der Waals surface area contributed by atoms with E-state index in [1.807, 2.05) is 6.92 Å². The molecule has 1 heterocycles. The van der Waals surface area contributed by atoms with Gasteiger partial charge in [0.05, 0.1) is 25.3 Å². The second kappa shape index (κ2) is 6.69. The van der Waals surface area contributed by atoms with Gasteiger partial charge in [-0.15, -0.1) is 0 Å². The maximum Gasteiger partial charge on any atom is 0.261 e. The van der Waals surface area contributed by atoms with Crippen molar-refractivity contribution in [2.45, 2.75) is 13.0 Å². The third-order valence-electron chi connectivity index (χ3n) is 2.67.